The van der Waals surface area contributed by atoms with Gasteiger partial charge in [-0.15, -0.1) is 0 Å². The maximum Gasteiger partial charge on any atom is 0.131 e. The quantitative estimate of drug-likeness (QED) is 0.798. The van der Waals surface area contributed by atoms with Crippen molar-refractivity contribution in [2.75, 3.05) is 4.90 Å². The number of rotatable bonds is 3. The van der Waals surface area contributed by atoms with Crippen LogP contribution in [0.5, 0.6) is 0 Å². The summed E-state index contributed by atoms with van der Waals surface area (Å²) >= 11 is 3.60. The zero-order valence-electron chi connectivity index (χ0n) is 11.2. The lowest BCUT2D eigenvalue weighted by Gasteiger charge is -2.31. The summed E-state index contributed by atoms with van der Waals surface area (Å²) in [6, 6.07) is 1.31. The van der Waals surface area contributed by atoms with E-state index in [-0.39, 0.29) is 0 Å². The van der Waals surface area contributed by atoms with Gasteiger partial charge in [-0.05, 0) is 33.1 Å². The van der Waals surface area contributed by atoms with E-state index >= 15 is 0 Å². The number of aromatic nitrogens is 2. The summed E-state index contributed by atoms with van der Waals surface area (Å²) in [5.74, 6) is 1.32. The molecule has 0 N–H and O–H groups in total. The van der Waals surface area contributed by atoms with Gasteiger partial charge in [-0.2, -0.15) is 5.10 Å². The third-order valence-corrected chi connectivity index (χ3v) is 4.51. The lowest BCUT2D eigenvalue weighted by Crippen LogP contribution is -2.36. The van der Waals surface area contributed by atoms with Crippen LogP contribution < -0.4 is 4.90 Å². The van der Waals surface area contributed by atoms with Gasteiger partial charge in [0.1, 0.15) is 5.82 Å². The predicted molar refractivity (Wildman–Crippen MR) is 75.8 cm³/mol. The number of hydrogen-bond donors (Lipinski definition) is 0. The first kappa shape index (κ1) is 12.9. The van der Waals surface area contributed by atoms with Crippen molar-refractivity contribution in [1.29, 1.82) is 0 Å². The lowest BCUT2D eigenvalue weighted by molar-refractivity contribution is 0.597. The smallest absolute Gasteiger partial charge is 0.131 e. The molecule has 96 valence electrons. The highest BCUT2D eigenvalue weighted by Gasteiger charge is 2.33. The van der Waals surface area contributed by atoms with E-state index in [4.69, 9.17) is 0 Å². The number of nitrogens with zero attached hydrogens (tertiary/aromatic N) is 3. The Kier molecular flexibility index (Phi) is 3.81. The van der Waals surface area contributed by atoms with Gasteiger partial charge in [0.15, 0.2) is 0 Å². The van der Waals surface area contributed by atoms with Crippen LogP contribution in [-0.2, 0) is 12.4 Å². The first-order valence-corrected chi connectivity index (χ1v) is 7.59. The van der Waals surface area contributed by atoms with Gasteiger partial charge in [0, 0.05) is 30.0 Å². The molecule has 1 aromatic rings. The summed E-state index contributed by atoms with van der Waals surface area (Å²) < 4.78 is 2.05. The Hall–Kier alpha value is -0.510. The zero-order valence-corrected chi connectivity index (χ0v) is 12.8. The molecule has 1 aliphatic rings. The van der Waals surface area contributed by atoms with E-state index in [1.807, 2.05) is 0 Å². The molecule has 1 fully saturated rings. The van der Waals surface area contributed by atoms with Gasteiger partial charge in [0.25, 0.3) is 0 Å². The van der Waals surface area contributed by atoms with E-state index in [1.54, 1.807) is 0 Å². The number of aryl methyl sites for hydroxylation is 2. The third-order valence-electron chi connectivity index (χ3n) is 3.95. The van der Waals surface area contributed by atoms with Crippen LogP contribution >= 0.6 is 15.9 Å². The van der Waals surface area contributed by atoms with Crippen molar-refractivity contribution in [3.63, 3.8) is 0 Å². The molecule has 2 atom stereocenters. The van der Waals surface area contributed by atoms with E-state index in [2.05, 4.69) is 58.4 Å². The Labute approximate surface area is 112 Å². The lowest BCUT2D eigenvalue weighted by atomic mass is 10.1. The minimum Gasteiger partial charge on any atom is -0.351 e. The molecule has 1 aromatic heterocycles. The van der Waals surface area contributed by atoms with Crippen LogP contribution in [0.2, 0.25) is 0 Å². The Balaban J connectivity index is 2.44. The summed E-state index contributed by atoms with van der Waals surface area (Å²) in [6.07, 6.45) is 3.82. The molecule has 3 nitrogen and oxygen atoms in total. The molecule has 2 unspecified atom stereocenters. The fourth-order valence-corrected chi connectivity index (χ4v) is 3.68. The van der Waals surface area contributed by atoms with Crippen LogP contribution in [-0.4, -0.2) is 21.9 Å². The van der Waals surface area contributed by atoms with Crippen molar-refractivity contribution < 1.29 is 0 Å². The monoisotopic (exact) mass is 299 g/mol. The second-order valence-electron chi connectivity index (χ2n) is 5.04. The third kappa shape index (κ3) is 2.12. The standard InChI is InChI=1S/C13H22BrN3/c1-5-11-7-6-9(2)17(11)13-12(8-14)10(3)15-16(13)4/h9,11H,5-8H2,1-4H3. The summed E-state index contributed by atoms with van der Waals surface area (Å²) in [6.45, 7) is 6.71. The van der Waals surface area contributed by atoms with Gasteiger partial charge in [0.2, 0.25) is 0 Å². The van der Waals surface area contributed by atoms with E-state index in [0.717, 1.165) is 11.0 Å². The SMILES string of the molecule is CCC1CCC(C)N1c1c(CBr)c(C)nn1C. The normalized spacial score (nSPS) is 24.6. The second kappa shape index (κ2) is 5.01. The van der Waals surface area contributed by atoms with E-state index in [0.29, 0.717) is 12.1 Å². The molecular formula is C13H22BrN3. The van der Waals surface area contributed by atoms with Gasteiger partial charge in [-0.3, -0.25) is 4.68 Å². The van der Waals surface area contributed by atoms with Crippen molar-refractivity contribution in [3.05, 3.63) is 11.3 Å². The highest BCUT2D eigenvalue weighted by molar-refractivity contribution is 9.08. The summed E-state index contributed by atoms with van der Waals surface area (Å²) in [5, 5.41) is 5.47. The molecule has 0 saturated carbocycles. The molecule has 17 heavy (non-hydrogen) atoms. The number of anilines is 1. The number of hydrogen-bond acceptors (Lipinski definition) is 2. The summed E-state index contributed by atoms with van der Waals surface area (Å²) in [7, 11) is 2.06. The average molecular weight is 300 g/mol. The molecule has 1 saturated heterocycles. The summed E-state index contributed by atoms with van der Waals surface area (Å²) in [4.78, 5) is 2.58. The molecule has 0 bridgehead atoms. The van der Waals surface area contributed by atoms with E-state index < -0.39 is 0 Å². The first-order valence-electron chi connectivity index (χ1n) is 6.46. The van der Waals surface area contributed by atoms with Crippen LogP contribution in [0.25, 0.3) is 0 Å². The largest absolute Gasteiger partial charge is 0.351 e. The molecule has 0 amide bonds. The second-order valence-corrected chi connectivity index (χ2v) is 5.60. The zero-order chi connectivity index (χ0) is 12.6. The predicted octanol–water partition coefficient (Wildman–Crippen LogP) is 3.39. The first-order chi connectivity index (χ1) is 8.10. The van der Waals surface area contributed by atoms with Crippen LogP contribution in [0.3, 0.4) is 0 Å². The topological polar surface area (TPSA) is 21.1 Å². The van der Waals surface area contributed by atoms with Crippen LogP contribution in [0.1, 0.15) is 44.4 Å². The maximum absolute atomic E-state index is 4.57. The molecule has 0 radical (unpaired) electrons. The molecule has 2 heterocycles. The Morgan fingerprint density at radius 3 is 2.71 bits per heavy atom. The van der Waals surface area contributed by atoms with Crippen molar-refractivity contribution in [2.45, 2.75) is 57.4 Å². The highest BCUT2D eigenvalue weighted by atomic mass is 79.9. The van der Waals surface area contributed by atoms with Crippen molar-refractivity contribution >= 4 is 21.7 Å². The molecule has 2 rings (SSSR count). The van der Waals surface area contributed by atoms with E-state index in [1.165, 1.54) is 30.6 Å². The minimum absolute atomic E-state index is 0.632. The Morgan fingerprint density at radius 2 is 2.12 bits per heavy atom. The molecule has 0 aliphatic carbocycles. The van der Waals surface area contributed by atoms with Gasteiger partial charge < -0.3 is 4.90 Å². The van der Waals surface area contributed by atoms with Crippen molar-refractivity contribution in [3.8, 4) is 0 Å². The van der Waals surface area contributed by atoms with Gasteiger partial charge in [-0.1, -0.05) is 22.9 Å². The van der Waals surface area contributed by atoms with Crippen molar-refractivity contribution in [2.24, 2.45) is 7.05 Å². The fourth-order valence-electron chi connectivity index (χ4n) is 3.02. The van der Waals surface area contributed by atoms with Gasteiger partial charge in [-0.25, -0.2) is 0 Å². The van der Waals surface area contributed by atoms with Crippen LogP contribution in [0.15, 0.2) is 0 Å². The Morgan fingerprint density at radius 1 is 1.41 bits per heavy atom. The van der Waals surface area contributed by atoms with Crippen LogP contribution in [0, 0.1) is 6.92 Å². The molecule has 0 spiro atoms. The number of halogens is 1. The molecule has 4 heteroatoms. The molecule has 0 aromatic carbocycles. The van der Waals surface area contributed by atoms with Crippen molar-refractivity contribution in [1.82, 2.24) is 9.78 Å². The maximum atomic E-state index is 4.57. The molecular weight excluding hydrogens is 278 g/mol. The highest BCUT2D eigenvalue weighted by Crippen LogP contribution is 2.35. The summed E-state index contributed by atoms with van der Waals surface area (Å²) in [5.41, 5.74) is 2.49. The van der Waals surface area contributed by atoms with Gasteiger partial charge >= 0.3 is 0 Å². The Bertz CT molecular complexity index is 400. The van der Waals surface area contributed by atoms with Gasteiger partial charge in [0.05, 0.1) is 5.69 Å². The van der Waals surface area contributed by atoms with E-state index in [9.17, 15) is 0 Å². The fraction of sp³-hybridized carbons (Fsp3) is 0.769. The minimum atomic E-state index is 0.632. The van der Waals surface area contributed by atoms with Crippen LogP contribution in [0.4, 0.5) is 5.82 Å². The average Bonchev–Trinajstić information content (AvgIpc) is 2.78. The molecule has 1 aliphatic heterocycles. The number of alkyl halides is 1.